The number of imidazole rings is 1. The molecule has 2 rings (SSSR count). The minimum Gasteiger partial charge on any atom is -0.330 e. The zero-order valence-corrected chi connectivity index (χ0v) is 7.80. The molecular weight excluding hydrogens is 172 g/mol. The van der Waals surface area contributed by atoms with Crippen molar-refractivity contribution in [3.05, 3.63) is 18.2 Å². The van der Waals surface area contributed by atoms with E-state index in [9.17, 15) is 0 Å². The number of nitrogens with zero attached hydrogens (tertiary/aromatic N) is 2. The number of halogens is 1. The van der Waals surface area contributed by atoms with Crippen molar-refractivity contribution in [2.75, 3.05) is 0 Å². The van der Waals surface area contributed by atoms with Crippen LogP contribution in [0.25, 0.3) is 0 Å². The molecule has 0 spiro atoms. The Balaban J connectivity index is 2.19. The summed E-state index contributed by atoms with van der Waals surface area (Å²) in [7, 11) is 0. The van der Waals surface area contributed by atoms with Crippen LogP contribution in [0.5, 0.6) is 0 Å². The Morgan fingerprint density at radius 2 is 2.25 bits per heavy atom. The summed E-state index contributed by atoms with van der Waals surface area (Å²) in [6.07, 6.45) is 9.06. The summed E-state index contributed by atoms with van der Waals surface area (Å²) < 4.78 is 2.24. The van der Waals surface area contributed by atoms with Gasteiger partial charge in [-0.2, -0.15) is 0 Å². The van der Waals surface area contributed by atoms with Crippen LogP contribution >= 0.6 is 11.6 Å². The van der Waals surface area contributed by atoms with E-state index >= 15 is 0 Å². The van der Waals surface area contributed by atoms with Gasteiger partial charge >= 0.3 is 0 Å². The summed E-state index contributed by atoms with van der Waals surface area (Å²) >= 11 is 5.79. The number of hydrogen-bond donors (Lipinski definition) is 0. The van der Waals surface area contributed by atoms with Gasteiger partial charge in [0.25, 0.3) is 0 Å². The Hall–Kier alpha value is -0.500. The molecule has 0 amide bonds. The van der Waals surface area contributed by atoms with Crippen molar-refractivity contribution >= 4 is 11.6 Å². The molecule has 1 aromatic heterocycles. The van der Waals surface area contributed by atoms with Crippen molar-refractivity contribution in [3.63, 3.8) is 0 Å². The normalized spacial score (nSPS) is 18.8. The van der Waals surface area contributed by atoms with Crippen molar-refractivity contribution in [3.8, 4) is 0 Å². The monoisotopic (exact) mass is 184 g/mol. The van der Waals surface area contributed by atoms with E-state index in [2.05, 4.69) is 9.55 Å². The first-order valence-corrected chi connectivity index (χ1v) is 5.02. The molecule has 0 bridgehead atoms. The van der Waals surface area contributed by atoms with Gasteiger partial charge in [-0.25, -0.2) is 4.98 Å². The van der Waals surface area contributed by atoms with E-state index < -0.39 is 0 Å². The third-order valence-corrected chi connectivity index (χ3v) is 2.88. The number of rotatable bonds is 2. The van der Waals surface area contributed by atoms with Crippen LogP contribution in [0.1, 0.15) is 37.4 Å². The maximum atomic E-state index is 5.79. The van der Waals surface area contributed by atoms with E-state index in [-0.39, 0.29) is 0 Å². The predicted octanol–water partition coefficient (Wildman–Crippen LogP) is 2.74. The molecule has 3 heteroatoms. The first kappa shape index (κ1) is 8.11. The van der Waals surface area contributed by atoms with Gasteiger partial charge in [-0.1, -0.05) is 12.8 Å². The molecular formula is C9H13ClN2. The highest BCUT2D eigenvalue weighted by molar-refractivity contribution is 6.16. The van der Waals surface area contributed by atoms with Gasteiger partial charge in [-0.05, 0) is 12.8 Å². The molecule has 1 heterocycles. The number of alkyl halides is 1. The highest BCUT2D eigenvalue weighted by atomic mass is 35.5. The maximum absolute atomic E-state index is 5.79. The van der Waals surface area contributed by atoms with Crippen LogP contribution in [0, 0.1) is 0 Å². The smallest absolute Gasteiger partial charge is 0.0951 e. The summed E-state index contributed by atoms with van der Waals surface area (Å²) in [6, 6.07) is 0.668. The van der Waals surface area contributed by atoms with E-state index in [1.54, 1.807) is 0 Å². The van der Waals surface area contributed by atoms with E-state index in [1.165, 1.54) is 25.7 Å². The quantitative estimate of drug-likeness (QED) is 0.647. The summed E-state index contributed by atoms with van der Waals surface area (Å²) in [5, 5.41) is 0. The molecule has 1 aliphatic carbocycles. The van der Waals surface area contributed by atoms with Gasteiger partial charge in [-0.15, -0.1) is 11.6 Å². The van der Waals surface area contributed by atoms with Gasteiger partial charge in [0.15, 0.2) is 0 Å². The van der Waals surface area contributed by atoms with Crippen LogP contribution in [0.2, 0.25) is 0 Å². The fourth-order valence-corrected chi connectivity index (χ4v) is 2.15. The van der Waals surface area contributed by atoms with E-state index in [0.717, 1.165) is 5.69 Å². The van der Waals surface area contributed by atoms with E-state index in [0.29, 0.717) is 11.9 Å². The van der Waals surface area contributed by atoms with Crippen LogP contribution in [-0.4, -0.2) is 9.55 Å². The zero-order chi connectivity index (χ0) is 8.39. The summed E-state index contributed by atoms with van der Waals surface area (Å²) in [5.41, 5.74) is 1.16. The molecule has 0 unspecified atom stereocenters. The lowest BCUT2D eigenvalue weighted by Gasteiger charge is -2.13. The summed E-state index contributed by atoms with van der Waals surface area (Å²) in [5.74, 6) is 0.580. The third kappa shape index (κ3) is 1.36. The van der Waals surface area contributed by atoms with Gasteiger partial charge in [-0.3, -0.25) is 0 Å². The first-order valence-electron chi connectivity index (χ1n) is 4.48. The lowest BCUT2D eigenvalue weighted by Crippen LogP contribution is -2.05. The van der Waals surface area contributed by atoms with Crippen molar-refractivity contribution in [2.24, 2.45) is 0 Å². The SMILES string of the molecule is ClCc1cncn1C1CCCC1. The largest absolute Gasteiger partial charge is 0.330 e. The van der Waals surface area contributed by atoms with Crippen LogP contribution in [0.3, 0.4) is 0 Å². The predicted molar refractivity (Wildman–Crippen MR) is 49.3 cm³/mol. The minimum atomic E-state index is 0.580. The van der Waals surface area contributed by atoms with Crippen molar-refractivity contribution in [1.82, 2.24) is 9.55 Å². The Kier molecular flexibility index (Phi) is 2.35. The van der Waals surface area contributed by atoms with E-state index in [4.69, 9.17) is 11.6 Å². The highest BCUT2D eigenvalue weighted by Gasteiger charge is 2.18. The van der Waals surface area contributed by atoms with Gasteiger partial charge in [0.1, 0.15) is 0 Å². The van der Waals surface area contributed by atoms with Crippen molar-refractivity contribution < 1.29 is 0 Å². The Morgan fingerprint density at radius 3 is 2.92 bits per heavy atom. The van der Waals surface area contributed by atoms with Gasteiger partial charge in [0.05, 0.1) is 17.9 Å². The van der Waals surface area contributed by atoms with Crippen molar-refractivity contribution in [2.45, 2.75) is 37.6 Å². The van der Waals surface area contributed by atoms with E-state index in [1.807, 2.05) is 12.5 Å². The molecule has 0 N–H and O–H groups in total. The Bertz CT molecular complexity index is 251. The molecule has 1 fully saturated rings. The second-order valence-corrected chi connectivity index (χ2v) is 3.63. The second-order valence-electron chi connectivity index (χ2n) is 3.36. The van der Waals surface area contributed by atoms with Gasteiger partial charge < -0.3 is 4.57 Å². The molecule has 1 aromatic rings. The lowest BCUT2D eigenvalue weighted by atomic mass is 10.2. The van der Waals surface area contributed by atoms with Crippen LogP contribution in [0.15, 0.2) is 12.5 Å². The second kappa shape index (κ2) is 3.48. The Morgan fingerprint density at radius 1 is 1.50 bits per heavy atom. The van der Waals surface area contributed by atoms with Gasteiger partial charge in [0, 0.05) is 12.2 Å². The fourth-order valence-electron chi connectivity index (χ4n) is 1.95. The molecule has 0 aliphatic heterocycles. The molecule has 12 heavy (non-hydrogen) atoms. The van der Waals surface area contributed by atoms with Crippen LogP contribution < -0.4 is 0 Å². The maximum Gasteiger partial charge on any atom is 0.0951 e. The van der Waals surface area contributed by atoms with Crippen LogP contribution in [0.4, 0.5) is 0 Å². The molecule has 1 aliphatic rings. The minimum absolute atomic E-state index is 0.580. The molecule has 0 radical (unpaired) electrons. The number of aromatic nitrogens is 2. The molecule has 66 valence electrons. The fraction of sp³-hybridized carbons (Fsp3) is 0.667. The standard InChI is InChI=1S/C9H13ClN2/c10-5-9-6-11-7-12(9)8-3-1-2-4-8/h6-8H,1-5H2. The average molecular weight is 185 g/mol. The first-order chi connectivity index (χ1) is 5.92. The molecule has 1 saturated carbocycles. The summed E-state index contributed by atoms with van der Waals surface area (Å²) in [4.78, 5) is 4.12. The Labute approximate surface area is 77.6 Å². The summed E-state index contributed by atoms with van der Waals surface area (Å²) in [6.45, 7) is 0. The zero-order valence-electron chi connectivity index (χ0n) is 7.04. The topological polar surface area (TPSA) is 17.8 Å². The average Bonchev–Trinajstić information content (AvgIpc) is 2.74. The van der Waals surface area contributed by atoms with Crippen molar-refractivity contribution in [1.29, 1.82) is 0 Å². The molecule has 0 atom stereocenters. The third-order valence-electron chi connectivity index (χ3n) is 2.60. The number of hydrogen-bond acceptors (Lipinski definition) is 1. The van der Waals surface area contributed by atoms with Crippen LogP contribution in [-0.2, 0) is 5.88 Å². The molecule has 0 saturated heterocycles. The van der Waals surface area contributed by atoms with Gasteiger partial charge in [0.2, 0.25) is 0 Å². The molecule has 0 aromatic carbocycles. The lowest BCUT2D eigenvalue weighted by molar-refractivity contribution is 0.506. The highest BCUT2D eigenvalue weighted by Crippen LogP contribution is 2.30. The molecule has 2 nitrogen and oxygen atoms in total.